The summed E-state index contributed by atoms with van der Waals surface area (Å²) < 4.78 is 5.36. The van der Waals surface area contributed by atoms with Gasteiger partial charge >= 0.3 is 0 Å². The number of hydrogen-bond donors (Lipinski definition) is 1. The van der Waals surface area contributed by atoms with Crippen molar-refractivity contribution in [2.24, 2.45) is 0 Å². The van der Waals surface area contributed by atoms with Crippen LogP contribution in [0.25, 0.3) is 10.9 Å². The Hall–Kier alpha value is -2.49. The van der Waals surface area contributed by atoms with Gasteiger partial charge in [-0.3, -0.25) is 4.98 Å². The van der Waals surface area contributed by atoms with E-state index in [1.807, 2.05) is 12.1 Å². The summed E-state index contributed by atoms with van der Waals surface area (Å²) >= 11 is 0. The molecule has 0 atom stereocenters. The minimum absolute atomic E-state index is 0.684. The molecule has 4 heteroatoms. The Balaban J connectivity index is 1.65. The third-order valence-corrected chi connectivity index (χ3v) is 4.41. The Bertz CT molecular complexity index is 805. The minimum Gasteiger partial charge on any atom is -0.467 e. The van der Waals surface area contributed by atoms with Crippen LogP contribution in [0.4, 0.5) is 11.4 Å². The van der Waals surface area contributed by atoms with Crippen LogP contribution in [-0.2, 0) is 6.54 Å². The van der Waals surface area contributed by atoms with Crippen LogP contribution in [-0.4, -0.2) is 18.1 Å². The van der Waals surface area contributed by atoms with Crippen LogP contribution in [0.5, 0.6) is 0 Å². The minimum atomic E-state index is 0.684. The molecule has 1 aliphatic rings. The molecule has 0 unspecified atom stereocenters. The van der Waals surface area contributed by atoms with Crippen LogP contribution < -0.4 is 10.2 Å². The molecule has 118 valence electrons. The number of anilines is 2. The van der Waals surface area contributed by atoms with Gasteiger partial charge in [0.05, 0.1) is 18.3 Å². The maximum atomic E-state index is 5.36. The summed E-state index contributed by atoms with van der Waals surface area (Å²) in [5.41, 5.74) is 4.51. The van der Waals surface area contributed by atoms with Crippen molar-refractivity contribution < 1.29 is 4.42 Å². The van der Waals surface area contributed by atoms with E-state index >= 15 is 0 Å². The second-order valence-corrected chi connectivity index (χ2v) is 6.14. The largest absolute Gasteiger partial charge is 0.467 e. The molecule has 1 saturated heterocycles. The highest BCUT2D eigenvalue weighted by Gasteiger charge is 2.16. The van der Waals surface area contributed by atoms with Gasteiger partial charge in [0.2, 0.25) is 0 Å². The third kappa shape index (κ3) is 2.89. The number of hydrogen-bond acceptors (Lipinski definition) is 4. The first-order chi connectivity index (χ1) is 11.3. The first-order valence-corrected chi connectivity index (χ1v) is 8.22. The van der Waals surface area contributed by atoms with Crippen molar-refractivity contribution in [1.82, 2.24) is 4.98 Å². The van der Waals surface area contributed by atoms with E-state index in [1.54, 1.807) is 6.26 Å². The van der Waals surface area contributed by atoms with Gasteiger partial charge in [0.25, 0.3) is 0 Å². The highest BCUT2D eigenvalue weighted by molar-refractivity contribution is 5.94. The summed E-state index contributed by atoms with van der Waals surface area (Å²) in [6, 6.07) is 12.5. The zero-order chi connectivity index (χ0) is 15.6. The summed E-state index contributed by atoms with van der Waals surface area (Å²) in [5, 5.41) is 4.64. The first-order valence-electron chi connectivity index (χ1n) is 8.22. The fourth-order valence-electron chi connectivity index (χ4n) is 3.27. The number of aromatic nitrogens is 1. The summed E-state index contributed by atoms with van der Waals surface area (Å²) in [7, 11) is 0. The zero-order valence-electron chi connectivity index (χ0n) is 13.4. The molecule has 0 amide bonds. The molecular weight excluding hydrogens is 286 g/mol. The highest BCUT2D eigenvalue weighted by atomic mass is 16.3. The lowest BCUT2D eigenvalue weighted by atomic mass is 10.1. The number of furan rings is 1. The molecular formula is C19H21N3O. The third-order valence-electron chi connectivity index (χ3n) is 4.41. The smallest absolute Gasteiger partial charge is 0.122 e. The monoisotopic (exact) mass is 307 g/mol. The predicted molar refractivity (Wildman–Crippen MR) is 94.0 cm³/mol. The summed E-state index contributed by atoms with van der Waals surface area (Å²) in [5.74, 6) is 0.931. The van der Waals surface area contributed by atoms with Crippen molar-refractivity contribution in [3.63, 3.8) is 0 Å². The first kappa shape index (κ1) is 14.1. The Labute approximate surface area is 136 Å². The van der Waals surface area contributed by atoms with E-state index in [0.29, 0.717) is 6.54 Å². The molecule has 0 saturated carbocycles. The summed E-state index contributed by atoms with van der Waals surface area (Å²) in [4.78, 5) is 7.20. The SMILES string of the molecule is Cc1cc(N2CCCC2)c2ccc(NCc3ccco3)cc2n1. The number of nitrogens with zero attached hydrogens (tertiary/aromatic N) is 2. The number of fused-ring (bicyclic) bond motifs is 1. The fraction of sp³-hybridized carbons (Fsp3) is 0.316. The second-order valence-electron chi connectivity index (χ2n) is 6.14. The molecule has 3 aromatic rings. The Kier molecular flexibility index (Phi) is 3.66. The van der Waals surface area contributed by atoms with E-state index in [4.69, 9.17) is 9.40 Å². The normalized spacial score (nSPS) is 14.6. The predicted octanol–water partition coefficient (Wildman–Crippen LogP) is 4.35. The Morgan fingerprint density at radius 3 is 2.83 bits per heavy atom. The van der Waals surface area contributed by atoms with Crippen LogP contribution in [0, 0.1) is 6.92 Å². The van der Waals surface area contributed by atoms with Crippen molar-refractivity contribution in [2.75, 3.05) is 23.3 Å². The number of benzene rings is 1. The van der Waals surface area contributed by atoms with Crippen molar-refractivity contribution in [3.05, 3.63) is 54.1 Å². The molecule has 1 fully saturated rings. The molecule has 2 aromatic heterocycles. The standard InChI is InChI=1S/C19H21N3O/c1-14-11-19(22-8-2-3-9-22)17-7-6-15(12-18(17)21-14)20-13-16-5-4-10-23-16/h4-7,10-12,20H,2-3,8-9,13H2,1H3. The summed E-state index contributed by atoms with van der Waals surface area (Å²) in [6.45, 7) is 5.05. The molecule has 0 radical (unpaired) electrons. The average Bonchev–Trinajstić information content (AvgIpc) is 3.25. The Morgan fingerprint density at radius 1 is 1.17 bits per heavy atom. The lowest BCUT2D eigenvalue weighted by Crippen LogP contribution is -2.18. The van der Waals surface area contributed by atoms with Crippen molar-refractivity contribution in [1.29, 1.82) is 0 Å². The molecule has 0 bridgehead atoms. The second kappa shape index (κ2) is 5.95. The zero-order valence-corrected chi connectivity index (χ0v) is 13.4. The van der Waals surface area contributed by atoms with Crippen molar-refractivity contribution in [2.45, 2.75) is 26.3 Å². The van der Waals surface area contributed by atoms with E-state index < -0.39 is 0 Å². The van der Waals surface area contributed by atoms with Crippen LogP contribution in [0.2, 0.25) is 0 Å². The molecule has 3 heterocycles. The molecule has 1 aliphatic heterocycles. The number of rotatable bonds is 4. The molecule has 23 heavy (non-hydrogen) atoms. The van der Waals surface area contributed by atoms with Gasteiger partial charge < -0.3 is 14.6 Å². The molecule has 4 rings (SSSR count). The van der Waals surface area contributed by atoms with E-state index in [-0.39, 0.29) is 0 Å². The number of aryl methyl sites for hydroxylation is 1. The molecule has 1 N–H and O–H groups in total. The lowest BCUT2D eigenvalue weighted by Gasteiger charge is -2.20. The molecule has 4 nitrogen and oxygen atoms in total. The van der Waals surface area contributed by atoms with Crippen molar-refractivity contribution in [3.8, 4) is 0 Å². The topological polar surface area (TPSA) is 41.3 Å². The van der Waals surface area contributed by atoms with Gasteiger partial charge in [-0.05, 0) is 56.2 Å². The van der Waals surface area contributed by atoms with Gasteiger partial charge in [-0.2, -0.15) is 0 Å². The lowest BCUT2D eigenvalue weighted by molar-refractivity contribution is 0.518. The van der Waals surface area contributed by atoms with Gasteiger partial charge in [-0.1, -0.05) is 0 Å². The number of nitrogens with one attached hydrogen (secondary N) is 1. The van der Waals surface area contributed by atoms with E-state index in [1.165, 1.54) is 23.9 Å². The van der Waals surface area contributed by atoms with Crippen LogP contribution in [0.3, 0.4) is 0 Å². The quantitative estimate of drug-likeness (QED) is 0.778. The van der Waals surface area contributed by atoms with Crippen LogP contribution in [0.1, 0.15) is 24.3 Å². The van der Waals surface area contributed by atoms with Gasteiger partial charge in [0, 0.05) is 35.5 Å². The maximum absolute atomic E-state index is 5.36. The Morgan fingerprint density at radius 2 is 2.04 bits per heavy atom. The average molecular weight is 307 g/mol. The number of pyridine rings is 1. The molecule has 0 spiro atoms. The van der Waals surface area contributed by atoms with Gasteiger partial charge in [0.15, 0.2) is 0 Å². The van der Waals surface area contributed by atoms with E-state index in [2.05, 4.69) is 41.4 Å². The van der Waals surface area contributed by atoms with Crippen LogP contribution >= 0.6 is 0 Å². The van der Waals surface area contributed by atoms with Gasteiger partial charge in [-0.15, -0.1) is 0 Å². The van der Waals surface area contributed by atoms with E-state index in [0.717, 1.165) is 35.7 Å². The fourth-order valence-corrected chi connectivity index (χ4v) is 3.27. The highest BCUT2D eigenvalue weighted by Crippen LogP contribution is 2.31. The molecule has 1 aromatic carbocycles. The maximum Gasteiger partial charge on any atom is 0.122 e. The summed E-state index contributed by atoms with van der Waals surface area (Å²) in [6.07, 6.45) is 4.27. The van der Waals surface area contributed by atoms with Gasteiger partial charge in [0.1, 0.15) is 5.76 Å². The van der Waals surface area contributed by atoms with Crippen molar-refractivity contribution >= 4 is 22.3 Å². The van der Waals surface area contributed by atoms with Crippen LogP contribution in [0.15, 0.2) is 47.1 Å². The van der Waals surface area contributed by atoms with E-state index in [9.17, 15) is 0 Å². The molecule has 0 aliphatic carbocycles. The van der Waals surface area contributed by atoms with Gasteiger partial charge in [-0.25, -0.2) is 0 Å².